The van der Waals surface area contributed by atoms with E-state index in [0.29, 0.717) is 0 Å². The minimum absolute atomic E-state index is 0. The Bertz CT molecular complexity index is 536. The predicted molar refractivity (Wildman–Crippen MR) is 97.3 cm³/mol. The summed E-state index contributed by atoms with van der Waals surface area (Å²) in [5, 5.41) is 6.13. The molecule has 0 atom stereocenters. The van der Waals surface area contributed by atoms with Crippen LogP contribution in [-0.2, 0) is 9.59 Å². The third-order valence-electron chi connectivity index (χ3n) is 3.83. The topological polar surface area (TPSA) is 61.4 Å². The molecule has 5 nitrogen and oxygen atoms in total. The van der Waals surface area contributed by atoms with Crippen LogP contribution in [0.2, 0.25) is 0 Å². The number of anilines is 1. The summed E-state index contributed by atoms with van der Waals surface area (Å²) in [6.45, 7) is 1.83. The first-order valence-corrected chi connectivity index (χ1v) is 8.73. The van der Waals surface area contributed by atoms with Crippen molar-refractivity contribution in [3.05, 3.63) is 24.3 Å². The summed E-state index contributed by atoms with van der Waals surface area (Å²) in [5.41, 5.74) is 0.794. The number of carbonyl (C=O) groups is 2. The van der Waals surface area contributed by atoms with E-state index in [1.54, 1.807) is 18.8 Å². The zero-order chi connectivity index (χ0) is 15.9. The highest BCUT2D eigenvalue weighted by molar-refractivity contribution is 7.98. The van der Waals surface area contributed by atoms with Crippen molar-refractivity contribution >= 4 is 41.7 Å². The van der Waals surface area contributed by atoms with Gasteiger partial charge in [0.15, 0.2) is 0 Å². The van der Waals surface area contributed by atoms with E-state index in [0.717, 1.165) is 36.5 Å². The van der Waals surface area contributed by atoms with Crippen LogP contribution < -0.4 is 10.6 Å². The van der Waals surface area contributed by atoms with Gasteiger partial charge in [0.05, 0.1) is 12.2 Å². The van der Waals surface area contributed by atoms with E-state index in [1.807, 2.05) is 30.5 Å². The molecule has 7 heteroatoms. The maximum atomic E-state index is 12.3. The maximum Gasteiger partial charge on any atom is 0.244 e. The summed E-state index contributed by atoms with van der Waals surface area (Å²) >= 11 is 1.58. The molecular weight excluding hydrogens is 334 g/mol. The second-order valence-corrected chi connectivity index (χ2v) is 6.32. The fraction of sp³-hybridized carbons (Fsp3) is 0.500. The molecule has 1 aliphatic rings. The lowest BCUT2D eigenvalue weighted by atomic mass is 9.97. The zero-order valence-corrected chi connectivity index (χ0v) is 15.1. The van der Waals surface area contributed by atoms with Gasteiger partial charge in [0.25, 0.3) is 0 Å². The first-order chi connectivity index (χ1) is 10.6. The van der Waals surface area contributed by atoms with Crippen molar-refractivity contribution in [3.8, 4) is 0 Å². The molecule has 1 heterocycles. The molecule has 1 saturated heterocycles. The molecule has 1 aromatic rings. The number of halogens is 1. The summed E-state index contributed by atoms with van der Waals surface area (Å²) in [5.74, 6) is -0.0568. The third kappa shape index (κ3) is 5.71. The number of piperidine rings is 1. The molecule has 2 amide bonds. The van der Waals surface area contributed by atoms with Crippen LogP contribution in [0.3, 0.4) is 0 Å². The van der Waals surface area contributed by atoms with Gasteiger partial charge in [-0.15, -0.1) is 24.2 Å². The predicted octanol–water partition coefficient (Wildman–Crippen LogP) is 2.23. The Kier molecular flexibility index (Phi) is 8.44. The lowest BCUT2D eigenvalue weighted by Gasteiger charge is -2.26. The smallest absolute Gasteiger partial charge is 0.244 e. The van der Waals surface area contributed by atoms with Crippen LogP contribution in [0.5, 0.6) is 0 Å². The number of thioether (sulfide) groups is 1. The van der Waals surface area contributed by atoms with Gasteiger partial charge in [-0.3, -0.25) is 9.59 Å². The standard InChI is InChI=1S/C16H23N3O2S.ClH/c1-19(16(21)12-7-9-17-10-8-12)11-15(20)18-13-5-3-4-6-14(13)22-2;/h3-6,12,17H,7-11H2,1-2H3,(H,18,20);1H. The second kappa shape index (κ2) is 9.80. The molecule has 0 aliphatic carbocycles. The van der Waals surface area contributed by atoms with Crippen LogP contribution in [-0.4, -0.2) is 49.7 Å². The molecule has 0 unspecified atom stereocenters. The van der Waals surface area contributed by atoms with E-state index in [9.17, 15) is 9.59 Å². The molecule has 2 rings (SSSR count). The Balaban J connectivity index is 0.00000264. The Morgan fingerprint density at radius 1 is 1.30 bits per heavy atom. The highest BCUT2D eigenvalue weighted by Gasteiger charge is 2.25. The number of likely N-dealkylation sites (N-methyl/N-ethyl adjacent to an activating group) is 1. The number of carbonyl (C=O) groups excluding carboxylic acids is 2. The quantitative estimate of drug-likeness (QED) is 0.793. The molecule has 1 aliphatic heterocycles. The van der Waals surface area contributed by atoms with Crippen LogP contribution in [0.15, 0.2) is 29.2 Å². The van der Waals surface area contributed by atoms with Gasteiger partial charge >= 0.3 is 0 Å². The number of nitrogens with one attached hydrogen (secondary N) is 2. The fourth-order valence-corrected chi connectivity index (χ4v) is 3.17. The molecule has 0 bridgehead atoms. The van der Waals surface area contributed by atoms with Crippen molar-refractivity contribution < 1.29 is 9.59 Å². The average Bonchev–Trinajstić information content (AvgIpc) is 2.55. The molecule has 1 fully saturated rings. The normalized spacial score (nSPS) is 14.7. The molecular formula is C16H24ClN3O2S. The Morgan fingerprint density at radius 2 is 1.96 bits per heavy atom. The van der Waals surface area contributed by atoms with Gasteiger partial charge in [0, 0.05) is 17.9 Å². The molecule has 23 heavy (non-hydrogen) atoms. The van der Waals surface area contributed by atoms with Crippen LogP contribution in [0.1, 0.15) is 12.8 Å². The third-order valence-corrected chi connectivity index (χ3v) is 4.62. The Morgan fingerprint density at radius 3 is 2.61 bits per heavy atom. The van der Waals surface area contributed by atoms with E-state index in [4.69, 9.17) is 0 Å². The van der Waals surface area contributed by atoms with Gasteiger partial charge in [-0.2, -0.15) is 0 Å². The van der Waals surface area contributed by atoms with Crippen molar-refractivity contribution in [1.82, 2.24) is 10.2 Å². The molecule has 0 aromatic heterocycles. The second-order valence-electron chi connectivity index (χ2n) is 5.47. The number of benzene rings is 1. The van der Waals surface area contributed by atoms with Crippen molar-refractivity contribution in [2.45, 2.75) is 17.7 Å². The minimum Gasteiger partial charge on any atom is -0.336 e. The number of para-hydroxylation sites is 1. The van der Waals surface area contributed by atoms with E-state index in [1.165, 1.54) is 4.90 Å². The van der Waals surface area contributed by atoms with Crippen molar-refractivity contribution in [2.24, 2.45) is 5.92 Å². The first-order valence-electron chi connectivity index (χ1n) is 7.50. The lowest BCUT2D eigenvalue weighted by molar-refractivity contribution is -0.137. The monoisotopic (exact) mass is 357 g/mol. The number of hydrogen-bond donors (Lipinski definition) is 2. The first kappa shape index (κ1) is 19.8. The average molecular weight is 358 g/mol. The van der Waals surface area contributed by atoms with Crippen LogP contribution >= 0.6 is 24.2 Å². The number of rotatable bonds is 5. The van der Waals surface area contributed by atoms with Crippen LogP contribution in [0.4, 0.5) is 5.69 Å². The van der Waals surface area contributed by atoms with E-state index in [2.05, 4.69) is 10.6 Å². The van der Waals surface area contributed by atoms with Gasteiger partial charge in [-0.05, 0) is 44.3 Å². The van der Waals surface area contributed by atoms with Gasteiger partial charge in [0.1, 0.15) is 0 Å². The summed E-state index contributed by atoms with van der Waals surface area (Å²) in [6.07, 6.45) is 3.66. The number of amides is 2. The largest absolute Gasteiger partial charge is 0.336 e. The maximum absolute atomic E-state index is 12.3. The van der Waals surface area contributed by atoms with Gasteiger partial charge in [-0.25, -0.2) is 0 Å². The van der Waals surface area contributed by atoms with Crippen molar-refractivity contribution in [2.75, 3.05) is 38.3 Å². The van der Waals surface area contributed by atoms with Crippen LogP contribution in [0.25, 0.3) is 0 Å². The fourth-order valence-electron chi connectivity index (χ4n) is 2.61. The summed E-state index contributed by atoms with van der Waals surface area (Å²) in [4.78, 5) is 27.0. The highest BCUT2D eigenvalue weighted by atomic mass is 35.5. The molecule has 2 N–H and O–H groups in total. The summed E-state index contributed by atoms with van der Waals surface area (Å²) in [6, 6.07) is 7.66. The van der Waals surface area contributed by atoms with Gasteiger partial charge in [-0.1, -0.05) is 12.1 Å². The molecule has 1 aromatic carbocycles. The summed E-state index contributed by atoms with van der Waals surface area (Å²) < 4.78 is 0. The lowest BCUT2D eigenvalue weighted by Crippen LogP contribution is -2.42. The highest BCUT2D eigenvalue weighted by Crippen LogP contribution is 2.24. The molecule has 0 radical (unpaired) electrons. The SMILES string of the molecule is CSc1ccccc1NC(=O)CN(C)C(=O)C1CCNCC1.Cl. The Labute approximate surface area is 148 Å². The molecule has 0 saturated carbocycles. The minimum atomic E-state index is -0.161. The van der Waals surface area contributed by atoms with Crippen molar-refractivity contribution in [1.29, 1.82) is 0 Å². The molecule has 0 spiro atoms. The number of hydrogen-bond acceptors (Lipinski definition) is 4. The number of nitrogens with zero attached hydrogens (tertiary/aromatic N) is 1. The Hall–Kier alpha value is -1.24. The molecule has 128 valence electrons. The van der Waals surface area contributed by atoms with E-state index in [-0.39, 0.29) is 36.7 Å². The summed E-state index contributed by atoms with van der Waals surface area (Å²) in [7, 11) is 1.70. The van der Waals surface area contributed by atoms with Crippen LogP contribution in [0, 0.1) is 5.92 Å². The zero-order valence-electron chi connectivity index (χ0n) is 13.5. The van der Waals surface area contributed by atoms with Gasteiger partial charge in [0.2, 0.25) is 11.8 Å². The van der Waals surface area contributed by atoms with Gasteiger partial charge < -0.3 is 15.5 Å². The van der Waals surface area contributed by atoms with E-state index < -0.39 is 0 Å². The van der Waals surface area contributed by atoms with E-state index >= 15 is 0 Å². The van der Waals surface area contributed by atoms with Crippen molar-refractivity contribution in [3.63, 3.8) is 0 Å².